The van der Waals surface area contributed by atoms with E-state index in [4.69, 9.17) is 46.4 Å². The summed E-state index contributed by atoms with van der Waals surface area (Å²) in [6.45, 7) is 5.38. The van der Waals surface area contributed by atoms with Crippen LogP contribution < -0.4 is 9.62 Å². The predicted molar refractivity (Wildman–Crippen MR) is 148 cm³/mol. The number of hydrogen-bond donors (Lipinski definition) is 1. The van der Waals surface area contributed by atoms with Gasteiger partial charge in [0.05, 0.1) is 17.0 Å². The number of nitrogens with one attached hydrogen (secondary N) is 1. The molecule has 0 saturated heterocycles. The number of hydrogen-bond acceptors (Lipinski definition) is 4. The molecule has 0 bridgehead atoms. The number of benzene rings is 2. The lowest BCUT2D eigenvalue weighted by Gasteiger charge is -2.33. The lowest BCUT2D eigenvalue weighted by Crippen LogP contribution is -2.52. The maximum atomic E-state index is 13.7. The van der Waals surface area contributed by atoms with Gasteiger partial charge in [-0.15, -0.1) is 0 Å². The number of carbonyl (C=O) groups is 2. The fourth-order valence-electron chi connectivity index (χ4n) is 3.47. The van der Waals surface area contributed by atoms with E-state index in [0.717, 1.165) is 10.6 Å². The lowest BCUT2D eigenvalue weighted by atomic mass is 10.1. The molecule has 1 unspecified atom stereocenters. The highest BCUT2D eigenvalue weighted by atomic mass is 35.5. The molecule has 2 rings (SSSR count). The van der Waals surface area contributed by atoms with Gasteiger partial charge in [-0.1, -0.05) is 73.2 Å². The summed E-state index contributed by atoms with van der Waals surface area (Å²) in [6, 6.07) is 8.30. The van der Waals surface area contributed by atoms with Crippen LogP contribution >= 0.6 is 46.4 Å². The number of carbonyl (C=O) groups excluding carboxylic acids is 2. The molecule has 7 nitrogen and oxygen atoms in total. The summed E-state index contributed by atoms with van der Waals surface area (Å²) in [6.07, 6.45) is 1.24. The van der Waals surface area contributed by atoms with Crippen LogP contribution in [0, 0.1) is 5.92 Å². The van der Waals surface area contributed by atoms with E-state index < -0.39 is 28.5 Å². The van der Waals surface area contributed by atoms with Gasteiger partial charge in [0, 0.05) is 33.7 Å². The van der Waals surface area contributed by atoms with Crippen LogP contribution in [0.15, 0.2) is 36.4 Å². The van der Waals surface area contributed by atoms with Crippen LogP contribution in [0.25, 0.3) is 0 Å². The summed E-state index contributed by atoms with van der Waals surface area (Å²) in [7, 11) is -3.94. The molecule has 0 radical (unpaired) electrons. The van der Waals surface area contributed by atoms with Crippen LogP contribution in [0.3, 0.4) is 0 Å². The lowest BCUT2D eigenvalue weighted by molar-refractivity contribution is -0.140. The van der Waals surface area contributed by atoms with Crippen LogP contribution in [0.2, 0.25) is 20.1 Å². The zero-order valence-corrected chi connectivity index (χ0v) is 24.2. The van der Waals surface area contributed by atoms with Crippen molar-refractivity contribution in [1.82, 2.24) is 10.2 Å². The van der Waals surface area contributed by atoms with Gasteiger partial charge in [0.2, 0.25) is 21.8 Å². The van der Waals surface area contributed by atoms with Crippen molar-refractivity contribution in [2.24, 2.45) is 5.92 Å². The third-order valence-corrected chi connectivity index (χ3v) is 7.69. The maximum Gasteiger partial charge on any atom is 0.244 e. The molecule has 2 amide bonds. The van der Waals surface area contributed by atoms with Gasteiger partial charge in [-0.2, -0.15) is 0 Å². The molecule has 2 aromatic carbocycles. The Balaban J connectivity index is 2.51. The zero-order valence-electron chi connectivity index (χ0n) is 20.4. The Morgan fingerprint density at radius 1 is 1.00 bits per heavy atom. The molecule has 0 aliphatic carbocycles. The Hall–Kier alpha value is -1.71. The molecule has 0 aliphatic heterocycles. The predicted octanol–water partition coefficient (Wildman–Crippen LogP) is 5.65. The largest absolute Gasteiger partial charge is 0.354 e. The van der Waals surface area contributed by atoms with E-state index in [0.29, 0.717) is 27.2 Å². The summed E-state index contributed by atoms with van der Waals surface area (Å²) < 4.78 is 26.3. The van der Waals surface area contributed by atoms with Crippen molar-refractivity contribution in [3.05, 3.63) is 62.1 Å². The van der Waals surface area contributed by atoms with Gasteiger partial charge in [0.1, 0.15) is 12.6 Å². The second-order valence-electron chi connectivity index (χ2n) is 8.65. The van der Waals surface area contributed by atoms with Crippen molar-refractivity contribution in [2.45, 2.75) is 39.8 Å². The Labute approximate surface area is 232 Å². The molecule has 0 fully saturated rings. The number of nitrogens with zero attached hydrogens (tertiary/aromatic N) is 2. The van der Waals surface area contributed by atoms with Crippen molar-refractivity contribution in [3.8, 4) is 0 Å². The second kappa shape index (κ2) is 13.2. The highest BCUT2D eigenvalue weighted by Gasteiger charge is 2.33. The molecule has 0 spiro atoms. The molecular weight excluding hydrogens is 568 g/mol. The van der Waals surface area contributed by atoms with Gasteiger partial charge in [0.25, 0.3) is 0 Å². The Kier molecular flexibility index (Phi) is 11.2. The average molecular weight is 597 g/mol. The van der Waals surface area contributed by atoms with Crippen LogP contribution in [0.1, 0.15) is 32.8 Å². The maximum absolute atomic E-state index is 13.7. The van der Waals surface area contributed by atoms with Crippen LogP contribution in [-0.4, -0.2) is 50.5 Å². The molecule has 2 aromatic rings. The van der Waals surface area contributed by atoms with Gasteiger partial charge in [-0.05, 0) is 42.7 Å². The van der Waals surface area contributed by atoms with Crippen molar-refractivity contribution >= 4 is 73.9 Å². The number of rotatable bonds is 11. The summed E-state index contributed by atoms with van der Waals surface area (Å²) in [5, 5.41) is 3.85. The quantitative estimate of drug-likeness (QED) is 0.363. The highest BCUT2D eigenvalue weighted by molar-refractivity contribution is 7.92. The van der Waals surface area contributed by atoms with Gasteiger partial charge in [-0.25, -0.2) is 8.42 Å². The van der Waals surface area contributed by atoms with Crippen molar-refractivity contribution in [3.63, 3.8) is 0 Å². The molecule has 0 aliphatic rings. The number of halogens is 4. The molecule has 36 heavy (non-hydrogen) atoms. The van der Waals surface area contributed by atoms with E-state index >= 15 is 0 Å². The van der Waals surface area contributed by atoms with Crippen molar-refractivity contribution in [2.75, 3.05) is 23.7 Å². The fourth-order valence-corrected chi connectivity index (χ4v) is 5.41. The summed E-state index contributed by atoms with van der Waals surface area (Å²) >= 11 is 24.9. The minimum absolute atomic E-state index is 0.0585. The summed E-state index contributed by atoms with van der Waals surface area (Å²) in [4.78, 5) is 28.1. The molecule has 1 N–H and O–H groups in total. The van der Waals surface area contributed by atoms with Gasteiger partial charge in [0.15, 0.2) is 0 Å². The molecule has 198 valence electrons. The second-order valence-corrected chi connectivity index (χ2v) is 12.2. The van der Waals surface area contributed by atoms with Gasteiger partial charge < -0.3 is 10.2 Å². The highest BCUT2D eigenvalue weighted by Crippen LogP contribution is 2.31. The molecule has 0 aromatic heterocycles. The fraction of sp³-hybridized carbons (Fsp3) is 0.417. The Bertz CT molecular complexity index is 1190. The molecule has 0 saturated carbocycles. The monoisotopic (exact) mass is 595 g/mol. The number of sulfonamides is 1. The first-order chi connectivity index (χ1) is 16.8. The average Bonchev–Trinajstić information content (AvgIpc) is 2.77. The first-order valence-corrected chi connectivity index (χ1v) is 14.5. The first-order valence-electron chi connectivity index (χ1n) is 11.2. The van der Waals surface area contributed by atoms with Crippen molar-refractivity contribution < 1.29 is 18.0 Å². The van der Waals surface area contributed by atoms with E-state index in [2.05, 4.69) is 5.32 Å². The Morgan fingerprint density at radius 3 is 2.11 bits per heavy atom. The van der Waals surface area contributed by atoms with Crippen molar-refractivity contribution in [1.29, 1.82) is 0 Å². The Morgan fingerprint density at radius 2 is 1.61 bits per heavy atom. The van der Waals surface area contributed by atoms with Gasteiger partial charge >= 0.3 is 0 Å². The summed E-state index contributed by atoms with van der Waals surface area (Å²) in [5.74, 6) is -0.798. The van der Waals surface area contributed by atoms with E-state index in [-0.39, 0.29) is 35.5 Å². The SMILES string of the molecule is CCC(C(=O)NCC(C)C)N(Cc1c(Cl)cccc1Cl)C(=O)CN(c1ccc(Cl)cc1Cl)S(C)(=O)=O. The van der Waals surface area contributed by atoms with Gasteiger partial charge in [-0.3, -0.25) is 13.9 Å². The zero-order chi connectivity index (χ0) is 27.2. The van der Waals surface area contributed by atoms with Crippen LogP contribution in [-0.2, 0) is 26.2 Å². The standard InChI is InChI=1S/C24H29Cl4N3O4S/c1-5-21(24(33)29-12-15(2)3)30(13-17-18(26)7-6-8-19(17)27)23(32)14-31(36(4,34)35)22-10-9-16(25)11-20(22)28/h6-11,15,21H,5,12-14H2,1-4H3,(H,29,33). The number of anilines is 1. The third kappa shape index (κ3) is 8.15. The minimum atomic E-state index is -3.94. The van der Waals surface area contributed by atoms with E-state index in [1.54, 1.807) is 25.1 Å². The summed E-state index contributed by atoms with van der Waals surface area (Å²) in [5.41, 5.74) is 0.532. The number of amides is 2. The first kappa shape index (κ1) is 30.5. The van der Waals surface area contributed by atoms with E-state index in [1.165, 1.54) is 23.1 Å². The normalized spacial score (nSPS) is 12.4. The topological polar surface area (TPSA) is 86.8 Å². The third-order valence-electron chi connectivity index (χ3n) is 5.32. The molecule has 1 atom stereocenters. The van der Waals surface area contributed by atoms with Crippen LogP contribution in [0.5, 0.6) is 0 Å². The van der Waals surface area contributed by atoms with Crippen LogP contribution in [0.4, 0.5) is 5.69 Å². The molecule has 0 heterocycles. The minimum Gasteiger partial charge on any atom is -0.354 e. The molecule has 12 heteroatoms. The smallest absolute Gasteiger partial charge is 0.244 e. The van der Waals surface area contributed by atoms with E-state index in [9.17, 15) is 18.0 Å². The molecular formula is C24H29Cl4N3O4S. The van der Waals surface area contributed by atoms with E-state index in [1.807, 2.05) is 13.8 Å².